The molecule has 2 nitrogen and oxygen atoms in total. The van der Waals surface area contributed by atoms with E-state index in [9.17, 15) is 0 Å². The second-order valence-electron chi connectivity index (χ2n) is 2.52. The normalized spacial score (nSPS) is 10.6. The van der Waals surface area contributed by atoms with Crippen molar-refractivity contribution in [2.24, 2.45) is 5.73 Å². The van der Waals surface area contributed by atoms with Crippen molar-refractivity contribution in [2.45, 2.75) is 6.54 Å². The van der Waals surface area contributed by atoms with Gasteiger partial charge in [-0.2, -0.15) is 0 Å². The molecular weight excluding hydrogens is 136 g/mol. The van der Waals surface area contributed by atoms with Crippen LogP contribution in [0.25, 0.3) is 10.9 Å². The van der Waals surface area contributed by atoms with Crippen molar-refractivity contribution >= 4 is 10.9 Å². The highest BCUT2D eigenvalue weighted by molar-refractivity contribution is 5.79. The van der Waals surface area contributed by atoms with Gasteiger partial charge in [0.25, 0.3) is 0 Å². The predicted molar refractivity (Wildman–Crippen MR) is 45.0 cm³/mol. The number of nitrogens with two attached hydrogens (primary N) is 1. The van der Waals surface area contributed by atoms with Crippen LogP contribution in [0.4, 0.5) is 0 Å². The van der Waals surface area contributed by atoms with Gasteiger partial charge in [-0.05, 0) is 11.6 Å². The molecule has 0 aliphatic rings. The summed E-state index contributed by atoms with van der Waals surface area (Å²) in [6.45, 7) is 0.592. The Morgan fingerprint density at radius 3 is 3.18 bits per heavy atom. The number of aromatic nitrogens is 1. The number of fused-ring (bicyclic) bond motifs is 1. The summed E-state index contributed by atoms with van der Waals surface area (Å²) >= 11 is 0. The number of hydrogen-bond acceptors (Lipinski definition) is 1. The average Bonchev–Trinajstić information content (AvgIpc) is 2.50. The lowest BCUT2D eigenvalue weighted by Crippen LogP contribution is -1.94. The highest BCUT2D eigenvalue weighted by Gasteiger charge is 1.94. The summed E-state index contributed by atoms with van der Waals surface area (Å²) in [4.78, 5) is 3.08. The first-order chi connectivity index (χ1) is 5.40. The van der Waals surface area contributed by atoms with Gasteiger partial charge < -0.3 is 10.7 Å². The maximum absolute atomic E-state index is 5.49. The van der Waals surface area contributed by atoms with Crippen LogP contribution >= 0.6 is 0 Å². The molecule has 1 heterocycles. The van der Waals surface area contributed by atoms with Crippen LogP contribution in [-0.2, 0) is 6.54 Å². The van der Waals surface area contributed by atoms with Crippen LogP contribution < -0.4 is 5.73 Å². The van der Waals surface area contributed by atoms with E-state index in [0.717, 1.165) is 16.5 Å². The number of aromatic amines is 1. The molecule has 55 valence electrons. The highest BCUT2D eigenvalue weighted by atomic mass is 14.7. The van der Waals surface area contributed by atoms with E-state index in [-0.39, 0.29) is 0 Å². The van der Waals surface area contributed by atoms with Gasteiger partial charge in [0.2, 0.25) is 0 Å². The van der Waals surface area contributed by atoms with E-state index >= 15 is 0 Å². The first-order valence-corrected chi connectivity index (χ1v) is 3.58. The van der Waals surface area contributed by atoms with E-state index in [1.807, 2.05) is 24.4 Å². The smallest absolute Gasteiger partial charge is 0.0463 e. The highest BCUT2D eigenvalue weighted by Crippen LogP contribution is 2.12. The Morgan fingerprint density at radius 2 is 2.36 bits per heavy atom. The van der Waals surface area contributed by atoms with E-state index < -0.39 is 0 Å². The van der Waals surface area contributed by atoms with E-state index in [0.29, 0.717) is 6.54 Å². The van der Waals surface area contributed by atoms with Gasteiger partial charge >= 0.3 is 0 Å². The Hall–Kier alpha value is -1.28. The van der Waals surface area contributed by atoms with Gasteiger partial charge in [-0.3, -0.25) is 0 Å². The van der Waals surface area contributed by atoms with Gasteiger partial charge in [-0.1, -0.05) is 12.1 Å². The quantitative estimate of drug-likeness (QED) is 0.626. The van der Waals surface area contributed by atoms with Gasteiger partial charge in [0.05, 0.1) is 0 Å². The SMILES string of the molecule is NCc1ccc2[c]c[nH]c2c1. The van der Waals surface area contributed by atoms with Crippen molar-refractivity contribution in [3.05, 3.63) is 36.0 Å². The van der Waals surface area contributed by atoms with Crippen molar-refractivity contribution < 1.29 is 0 Å². The molecule has 0 bridgehead atoms. The largest absolute Gasteiger partial charge is 0.361 e. The summed E-state index contributed by atoms with van der Waals surface area (Å²) in [5, 5.41) is 1.11. The van der Waals surface area contributed by atoms with Crippen molar-refractivity contribution in [1.29, 1.82) is 0 Å². The molecule has 0 amide bonds. The fourth-order valence-corrected chi connectivity index (χ4v) is 1.16. The molecule has 2 rings (SSSR count). The maximum atomic E-state index is 5.49. The third kappa shape index (κ3) is 1.01. The van der Waals surface area contributed by atoms with Crippen LogP contribution in [0.3, 0.4) is 0 Å². The molecule has 3 N–H and O–H groups in total. The molecule has 0 fully saturated rings. The van der Waals surface area contributed by atoms with E-state index in [1.54, 1.807) is 0 Å². The van der Waals surface area contributed by atoms with E-state index in [1.165, 1.54) is 0 Å². The third-order valence-electron chi connectivity index (χ3n) is 1.78. The zero-order valence-electron chi connectivity index (χ0n) is 6.09. The molecule has 1 radical (unpaired) electrons. The molecule has 0 saturated heterocycles. The predicted octanol–water partition coefficient (Wildman–Crippen LogP) is 1.43. The van der Waals surface area contributed by atoms with Crippen molar-refractivity contribution in [2.75, 3.05) is 0 Å². The van der Waals surface area contributed by atoms with Crippen molar-refractivity contribution in [3.63, 3.8) is 0 Å². The standard InChI is InChI=1S/C9H9N2/c10-6-7-1-2-8-3-4-11-9(8)5-7/h1-2,4-5,11H,6,10H2. The van der Waals surface area contributed by atoms with Crippen LogP contribution in [0.5, 0.6) is 0 Å². The Bertz CT molecular complexity index is 362. The summed E-state index contributed by atoms with van der Waals surface area (Å²) in [5.74, 6) is 0. The molecule has 0 aliphatic carbocycles. The first-order valence-electron chi connectivity index (χ1n) is 3.58. The van der Waals surface area contributed by atoms with E-state index in [4.69, 9.17) is 5.73 Å². The molecular formula is C9H9N2. The average molecular weight is 145 g/mol. The zero-order chi connectivity index (χ0) is 7.68. The molecule has 0 spiro atoms. The number of benzene rings is 1. The van der Waals surface area contributed by atoms with Crippen LogP contribution in [-0.4, -0.2) is 4.98 Å². The van der Waals surface area contributed by atoms with Crippen LogP contribution in [0.1, 0.15) is 5.56 Å². The minimum absolute atomic E-state index is 0.592. The van der Waals surface area contributed by atoms with Crippen LogP contribution in [0.2, 0.25) is 0 Å². The van der Waals surface area contributed by atoms with Gasteiger partial charge in [-0.25, -0.2) is 0 Å². The fourth-order valence-electron chi connectivity index (χ4n) is 1.16. The molecule has 0 aliphatic heterocycles. The topological polar surface area (TPSA) is 41.8 Å². The second kappa shape index (κ2) is 2.40. The Kier molecular flexibility index (Phi) is 1.40. The molecule has 0 atom stereocenters. The lowest BCUT2D eigenvalue weighted by atomic mass is 10.2. The molecule has 2 heteroatoms. The van der Waals surface area contributed by atoms with Crippen molar-refractivity contribution in [3.8, 4) is 0 Å². The molecule has 0 unspecified atom stereocenters. The Morgan fingerprint density at radius 1 is 1.45 bits per heavy atom. The Labute approximate surface area is 65.0 Å². The van der Waals surface area contributed by atoms with Gasteiger partial charge in [0.1, 0.15) is 0 Å². The fraction of sp³-hybridized carbons (Fsp3) is 0.111. The maximum Gasteiger partial charge on any atom is 0.0463 e. The third-order valence-corrected chi connectivity index (χ3v) is 1.78. The summed E-state index contributed by atoms with van der Waals surface area (Å²) in [5.41, 5.74) is 7.74. The summed E-state index contributed by atoms with van der Waals surface area (Å²) in [6.07, 6.45) is 1.81. The minimum atomic E-state index is 0.592. The lowest BCUT2D eigenvalue weighted by Gasteiger charge is -1.94. The minimum Gasteiger partial charge on any atom is -0.361 e. The number of nitrogens with one attached hydrogen (secondary N) is 1. The molecule has 2 aromatic rings. The van der Waals surface area contributed by atoms with Crippen LogP contribution in [0.15, 0.2) is 24.4 Å². The summed E-state index contributed by atoms with van der Waals surface area (Å²) in [7, 11) is 0. The Balaban J connectivity index is 2.67. The van der Waals surface area contributed by atoms with Gasteiger partial charge in [0.15, 0.2) is 0 Å². The molecule has 1 aromatic heterocycles. The first kappa shape index (κ1) is 6.43. The van der Waals surface area contributed by atoms with Gasteiger partial charge in [0, 0.05) is 29.7 Å². The van der Waals surface area contributed by atoms with E-state index in [2.05, 4.69) is 11.1 Å². The summed E-state index contributed by atoms with van der Waals surface area (Å²) < 4.78 is 0. The van der Waals surface area contributed by atoms with Crippen molar-refractivity contribution in [1.82, 2.24) is 4.98 Å². The lowest BCUT2D eigenvalue weighted by molar-refractivity contribution is 1.07. The molecule has 0 saturated carbocycles. The second-order valence-corrected chi connectivity index (χ2v) is 2.52. The summed E-state index contributed by atoms with van der Waals surface area (Å²) in [6, 6.07) is 9.16. The monoisotopic (exact) mass is 145 g/mol. The zero-order valence-corrected chi connectivity index (χ0v) is 6.09. The van der Waals surface area contributed by atoms with Gasteiger partial charge in [-0.15, -0.1) is 0 Å². The molecule has 11 heavy (non-hydrogen) atoms. The number of rotatable bonds is 1. The molecule has 1 aromatic carbocycles. The number of H-pyrrole nitrogens is 1. The number of hydrogen-bond donors (Lipinski definition) is 2. The van der Waals surface area contributed by atoms with Crippen LogP contribution in [0, 0.1) is 6.07 Å².